The number of azo groups is 1. The highest BCUT2D eigenvalue weighted by Crippen LogP contribution is 2.14. The minimum absolute atomic E-state index is 0.936. The van der Waals surface area contributed by atoms with Crippen LogP contribution in [0.1, 0.15) is 5.56 Å². The predicted molar refractivity (Wildman–Crippen MR) is 50.2 cm³/mol. The highest BCUT2D eigenvalue weighted by atomic mass is 32.2. The van der Waals surface area contributed by atoms with Crippen molar-refractivity contribution in [2.45, 2.75) is 6.54 Å². The molecule has 1 aliphatic heterocycles. The third-order valence-corrected chi connectivity index (χ3v) is 2.66. The Hall–Kier alpha value is -0.830. The van der Waals surface area contributed by atoms with Crippen molar-refractivity contribution < 1.29 is 4.10 Å². The first-order valence-electron chi connectivity index (χ1n) is 4.07. The third-order valence-electron chi connectivity index (χ3n) is 1.75. The van der Waals surface area contributed by atoms with Gasteiger partial charge in [-0.15, -0.1) is 0 Å². The highest BCUT2D eigenvalue weighted by molar-refractivity contribution is 7.93. The molecular formula is C9H11N2S+. The van der Waals surface area contributed by atoms with E-state index in [-0.39, 0.29) is 0 Å². The Morgan fingerprint density at radius 2 is 2.17 bits per heavy atom. The molecule has 0 unspecified atom stereocenters. The topological polar surface area (TPSA) is 15.4 Å². The lowest BCUT2D eigenvalue weighted by molar-refractivity contribution is -0.438. The van der Waals surface area contributed by atoms with Crippen LogP contribution in [-0.2, 0) is 6.54 Å². The van der Waals surface area contributed by atoms with Crippen molar-refractivity contribution in [3.05, 3.63) is 35.9 Å². The second-order valence-corrected chi connectivity index (χ2v) is 3.78. The average molecular weight is 179 g/mol. The SMILES string of the molecule is c1ccc(C[N+]2=NCCS2)cc1. The summed E-state index contributed by atoms with van der Waals surface area (Å²) in [6.07, 6.45) is 0. The zero-order chi connectivity index (χ0) is 8.23. The van der Waals surface area contributed by atoms with Crippen LogP contribution in [0.5, 0.6) is 0 Å². The lowest BCUT2D eigenvalue weighted by Gasteiger charge is -1.92. The first-order chi connectivity index (χ1) is 5.95. The Morgan fingerprint density at radius 1 is 1.33 bits per heavy atom. The summed E-state index contributed by atoms with van der Waals surface area (Å²) in [6, 6.07) is 10.4. The second kappa shape index (κ2) is 3.72. The van der Waals surface area contributed by atoms with Crippen LogP contribution < -0.4 is 0 Å². The van der Waals surface area contributed by atoms with Gasteiger partial charge in [0.25, 0.3) is 0 Å². The van der Waals surface area contributed by atoms with Gasteiger partial charge in [0, 0.05) is 5.56 Å². The number of hydrogen-bond acceptors (Lipinski definition) is 2. The molecule has 0 bridgehead atoms. The van der Waals surface area contributed by atoms with E-state index in [1.165, 1.54) is 5.56 Å². The van der Waals surface area contributed by atoms with Crippen molar-refractivity contribution in [1.29, 1.82) is 0 Å². The van der Waals surface area contributed by atoms with Crippen LogP contribution in [0.15, 0.2) is 35.4 Å². The van der Waals surface area contributed by atoms with Crippen molar-refractivity contribution in [3.8, 4) is 0 Å². The second-order valence-electron chi connectivity index (χ2n) is 2.69. The molecule has 0 saturated heterocycles. The molecule has 0 fully saturated rings. The number of nitrogens with zero attached hydrogens (tertiary/aromatic N) is 2. The summed E-state index contributed by atoms with van der Waals surface area (Å²) < 4.78 is 2.06. The fraction of sp³-hybridized carbons (Fsp3) is 0.333. The summed E-state index contributed by atoms with van der Waals surface area (Å²) in [5.74, 6) is 1.13. The van der Waals surface area contributed by atoms with E-state index in [9.17, 15) is 0 Å². The number of benzene rings is 1. The maximum Gasteiger partial charge on any atom is 0.207 e. The van der Waals surface area contributed by atoms with E-state index < -0.39 is 0 Å². The molecular weight excluding hydrogens is 168 g/mol. The monoisotopic (exact) mass is 179 g/mol. The van der Waals surface area contributed by atoms with Crippen LogP contribution in [0, 0.1) is 0 Å². The van der Waals surface area contributed by atoms with Gasteiger partial charge in [-0.2, -0.15) is 0 Å². The minimum Gasteiger partial charge on any atom is -0.0622 e. The zero-order valence-corrected chi connectivity index (χ0v) is 7.63. The largest absolute Gasteiger partial charge is 0.207 e. The van der Waals surface area contributed by atoms with E-state index in [0.717, 1.165) is 18.8 Å². The van der Waals surface area contributed by atoms with Crippen LogP contribution in [0.3, 0.4) is 0 Å². The fourth-order valence-electron chi connectivity index (χ4n) is 1.17. The van der Waals surface area contributed by atoms with Crippen molar-refractivity contribution in [3.63, 3.8) is 0 Å². The van der Waals surface area contributed by atoms with Gasteiger partial charge in [-0.3, -0.25) is 0 Å². The van der Waals surface area contributed by atoms with Crippen molar-refractivity contribution in [2.24, 2.45) is 5.11 Å². The third kappa shape index (κ3) is 1.85. The van der Waals surface area contributed by atoms with Crippen LogP contribution in [0.2, 0.25) is 0 Å². The van der Waals surface area contributed by atoms with Crippen LogP contribution in [0.4, 0.5) is 0 Å². The van der Waals surface area contributed by atoms with Crippen molar-refractivity contribution in [1.82, 2.24) is 0 Å². The maximum absolute atomic E-state index is 4.33. The fourth-order valence-corrected chi connectivity index (χ4v) is 1.95. The van der Waals surface area contributed by atoms with E-state index in [4.69, 9.17) is 0 Å². The molecule has 2 rings (SSSR count). The summed E-state index contributed by atoms with van der Waals surface area (Å²) in [5, 5.41) is 4.33. The first kappa shape index (κ1) is 7.80. The van der Waals surface area contributed by atoms with Gasteiger partial charge in [0.1, 0.15) is 6.54 Å². The molecule has 0 radical (unpaired) electrons. The molecule has 0 aromatic heterocycles. The molecule has 2 nitrogen and oxygen atoms in total. The molecule has 0 N–H and O–H groups in total. The van der Waals surface area contributed by atoms with E-state index in [0.29, 0.717) is 0 Å². The zero-order valence-electron chi connectivity index (χ0n) is 6.81. The van der Waals surface area contributed by atoms with Crippen LogP contribution in [-0.4, -0.2) is 16.4 Å². The molecule has 1 aromatic rings. The van der Waals surface area contributed by atoms with Gasteiger partial charge in [-0.25, -0.2) is 0 Å². The van der Waals surface area contributed by atoms with E-state index in [2.05, 4.69) is 33.5 Å². The summed E-state index contributed by atoms with van der Waals surface area (Å²) in [6.45, 7) is 1.91. The summed E-state index contributed by atoms with van der Waals surface area (Å²) in [7, 11) is 0. The molecule has 12 heavy (non-hydrogen) atoms. The average Bonchev–Trinajstić information content (AvgIpc) is 2.59. The normalized spacial score (nSPS) is 16.2. The smallest absolute Gasteiger partial charge is 0.0622 e. The highest BCUT2D eigenvalue weighted by Gasteiger charge is 2.15. The molecule has 0 atom stereocenters. The van der Waals surface area contributed by atoms with Gasteiger partial charge in [-0.05, 0) is 5.11 Å². The molecule has 1 aliphatic rings. The van der Waals surface area contributed by atoms with Crippen LogP contribution in [0.25, 0.3) is 0 Å². The predicted octanol–water partition coefficient (Wildman–Crippen LogP) is 2.31. The Labute approximate surface area is 76.4 Å². The molecule has 0 spiro atoms. The van der Waals surface area contributed by atoms with E-state index >= 15 is 0 Å². The molecule has 0 aliphatic carbocycles. The summed E-state index contributed by atoms with van der Waals surface area (Å²) >= 11 is 1.80. The summed E-state index contributed by atoms with van der Waals surface area (Å²) in [5.41, 5.74) is 1.33. The van der Waals surface area contributed by atoms with E-state index in [1.807, 2.05) is 6.07 Å². The number of rotatable bonds is 2. The quantitative estimate of drug-likeness (QED) is 0.502. The van der Waals surface area contributed by atoms with Crippen molar-refractivity contribution >= 4 is 11.9 Å². The molecule has 3 heteroatoms. The molecule has 62 valence electrons. The summed E-state index contributed by atoms with van der Waals surface area (Å²) in [4.78, 5) is 0. The Morgan fingerprint density at radius 3 is 2.83 bits per heavy atom. The molecule has 0 amide bonds. The van der Waals surface area contributed by atoms with E-state index in [1.54, 1.807) is 11.9 Å². The van der Waals surface area contributed by atoms with Gasteiger partial charge in [0.15, 0.2) is 11.9 Å². The first-order valence-corrected chi connectivity index (χ1v) is 5.01. The Kier molecular flexibility index (Phi) is 2.42. The lowest BCUT2D eigenvalue weighted by Crippen LogP contribution is -1.95. The van der Waals surface area contributed by atoms with Gasteiger partial charge in [-0.1, -0.05) is 34.4 Å². The molecule has 0 saturated carbocycles. The molecule has 1 aromatic carbocycles. The van der Waals surface area contributed by atoms with Gasteiger partial charge < -0.3 is 0 Å². The Balaban J connectivity index is 2.04. The van der Waals surface area contributed by atoms with Crippen molar-refractivity contribution in [2.75, 3.05) is 12.3 Å². The standard InChI is InChI=1S/C9H11N2S/c1-2-4-9(5-3-1)8-11-10-6-7-12-11/h1-5H,6-8H2/q+1. The minimum atomic E-state index is 0.936. The van der Waals surface area contributed by atoms with Gasteiger partial charge in [0.2, 0.25) is 6.54 Å². The lowest BCUT2D eigenvalue weighted by atomic mass is 10.2. The number of hydrogen-bond donors (Lipinski definition) is 0. The maximum atomic E-state index is 4.33. The van der Waals surface area contributed by atoms with Gasteiger partial charge in [0.05, 0.1) is 5.75 Å². The van der Waals surface area contributed by atoms with Crippen LogP contribution >= 0.6 is 11.9 Å². The van der Waals surface area contributed by atoms with Gasteiger partial charge >= 0.3 is 0 Å². The Bertz CT molecular complexity index is 282. The molecule has 1 heterocycles.